The van der Waals surface area contributed by atoms with Crippen LogP contribution in [0.25, 0.3) is 0 Å². The third kappa shape index (κ3) is 4.70. The second kappa shape index (κ2) is 8.55. The molecule has 3 rings (SSSR count). The van der Waals surface area contributed by atoms with E-state index in [-0.39, 0.29) is 15.5 Å². The fourth-order valence-electron chi connectivity index (χ4n) is 2.68. The summed E-state index contributed by atoms with van der Waals surface area (Å²) in [6.45, 7) is 1.79. The fraction of sp³-hybridized carbons (Fsp3) is 0.0952. The molecule has 0 aliphatic rings. The molecule has 0 radical (unpaired) electrons. The van der Waals surface area contributed by atoms with Crippen LogP contribution in [0, 0.1) is 6.92 Å². The van der Waals surface area contributed by atoms with Crippen LogP contribution in [0.4, 0.5) is 11.4 Å². The van der Waals surface area contributed by atoms with Gasteiger partial charge in [0.2, 0.25) is 0 Å². The van der Waals surface area contributed by atoms with E-state index in [1.807, 2.05) is 6.07 Å². The first-order valence-electron chi connectivity index (χ1n) is 8.64. The van der Waals surface area contributed by atoms with Crippen LogP contribution in [0.15, 0.2) is 71.6 Å². The number of rotatable bonds is 6. The standard InChI is InChI=1S/C21H19ClN2O4S/c1-14-7-3-4-8-17(14)24-29(26,27)20-13-15(11-12-16(20)22)21(25)23-18-9-5-6-10-19(18)28-2/h3-13,24H,1-2H3,(H,23,25). The van der Waals surface area contributed by atoms with E-state index in [1.54, 1.807) is 49.4 Å². The summed E-state index contributed by atoms with van der Waals surface area (Å²) in [7, 11) is -2.50. The smallest absolute Gasteiger partial charge is 0.263 e. The number of ether oxygens (including phenoxy) is 1. The molecule has 0 aliphatic carbocycles. The summed E-state index contributed by atoms with van der Waals surface area (Å²) >= 11 is 6.13. The van der Waals surface area contributed by atoms with Gasteiger partial charge in [-0.05, 0) is 48.9 Å². The molecule has 1 amide bonds. The highest BCUT2D eigenvalue weighted by Crippen LogP contribution is 2.28. The third-order valence-electron chi connectivity index (χ3n) is 4.23. The molecule has 0 spiro atoms. The van der Waals surface area contributed by atoms with E-state index in [2.05, 4.69) is 10.0 Å². The fourth-order valence-corrected chi connectivity index (χ4v) is 4.34. The van der Waals surface area contributed by atoms with Crippen molar-refractivity contribution in [1.29, 1.82) is 0 Å². The molecule has 3 aromatic rings. The van der Waals surface area contributed by atoms with E-state index >= 15 is 0 Å². The van der Waals surface area contributed by atoms with Crippen molar-refractivity contribution in [1.82, 2.24) is 0 Å². The van der Waals surface area contributed by atoms with E-state index < -0.39 is 15.9 Å². The molecule has 0 fully saturated rings. The van der Waals surface area contributed by atoms with Crippen molar-refractivity contribution in [3.8, 4) is 5.75 Å². The lowest BCUT2D eigenvalue weighted by atomic mass is 10.2. The summed E-state index contributed by atoms with van der Waals surface area (Å²) in [4.78, 5) is 12.5. The van der Waals surface area contributed by atoms with Gasteiger partial charge in [-0.2, -0.15) is 0 Å². The average molecular weight is 431 g/mol. The number of nitrogens with one attached hydrogen (secondary N) is 2. The molecule has 6 nitrogen and oxygen atoms in total. The van der Waals surface area contributed by atoms with Crippen molar-refractivity contribution in [2.24, 2.45) is 0 Å². The van der Waals surface area contributed by atoms with E-state index in [9.17, 15) is 13.2 Å². The van der Waals surface area contributed by atoms with Gasteiger partial charge in [0.25, 0.3) is 15.9 Å². The molecule has 8 heteroatoms. The second-order valence-corrected chi connectivity index (χ2v) is 8.28. The van der Waals surface area contributed by atoms with Crippen LogP contribution in [0.5, 0.6) is 5.75 Å². The van der Waals surface area contributed by atoms with Crippen molar-refractivity contribution < 1.29 is 17.9 Å². The predicted octanol–water partition coefficient (Wildman–Crippen LogP) is 4.71. The van der Waals surface area contributed by atoms with Crippen LogP contribution in [0.2, 0.25) is 5.02 Å². The van der Waals surface area contributed by atoms with Gasteiger partial charge in [0.05, 0.1) is 23.5 Å². The Morgan fingerprint density at radius 3 is 2.31 bits per heavy atom. The summed E-state index contributed by atoms with van der Waals surface area (Å²) in [6.07, 6.45) is 0. The largest absolute Gasteiger partial charge is 0.495 e. The number of carbonyl (C=O) groups is 1. The molecule has 3 aromatic carbocycles. The summed E-state index contributed by atoms with van der Waals surface area (Å²) in [5.74, 6) is 0.00221. The predicted molar refractivity (Wildman–Crippen MR) is 114 cm³/mol. The first kappa shape index (κ1) is 20.7. The first-order valence-corrected chi connectivity index (χ1v) is 10.5. The van der Waals surface area contributed by atoms with E-state index in [1.165, 1.54) is 25.3 Å². The molecular weight excluding hydrogens is 412 g/mol. The van der Waals surface area contributed by atoms with Gasteiger partial charge < -0.3 is 10.1 Å². The molecule has 0 aromatic heterocycles. The van der Waals surface area contributed by atoms with Crippen LogP contribution >= 0.6 is 11.6 Å². The highest BCUT2D eigenvalue weighted by molar-refractivity contribution is 7.92. The Morgan fingerprint density at radius 1 is 0.966 bits per heavy atom. The monoisotopic (exact) mass is 430 g/mol. The number of amides is 1. The number of aryl methyl sites for hydroxylation is 1. The number of para-hydroxylation sites is 3. The Labute approximate surface area is 174 Å². The summed E-state index contributed by atoms with van der Waals surface area (Å²) < 4.78 is 33.5. The SMILES string of the molecule is COc1ccccc1NC(=O)c1ccc(Cl)c(S(=O)(=O)Nc2ccccc2C)c1. The maximum Gasteiger partial charge on any atom is 0.263 e. The topological polar surface area (TPSA) is 84.5 Å². The average Bonchev–Trinajstić information content (AvgIpc) is 2.70. The molecule has 0 atom stereocenters. The molecule has 29 heavy (non-hydrogen) atoms. The lowest BCUT2D eigenvalue weighted by Gasteiger charge is -2.13. The minimum atomic E-state index is -3.99. The van der Waals surface area contributed by atoms with Gasteiger partial charge in [0.1, 0.15) is 10.6 Å². The quantitative estimate of drug-likeness (QED) is 0.593. The molecule has 2 N–H and O–H groups in total. The van der Waals surface area contributed by atoms with Crippen molar-refractivity contribution in [2.75, 3.05) is 17.1 Å². The molecular formula is C21H19ClN2O4S. The van der Waals surface area contributed by atoms with Crippen molar-refractivity contribution >= 4 is 38.9 Å². The minimum absolute atomic E-state index is 0.0138. The Hall–Kier alpha value is -3.03. The summed E-state index contributed by atoms with van der Waals surface area (Å²) in [6, 6.07) is 18.0. The number of carbonyl (C=O) groups excluding carboxylic acids is 1. The number of halogens is 1. The number of anilines is 2. The van der Waals surface area contributed by atoms with E-state index in [0.29, 0.717) is 17.1 Å². The Morgan fingerprint density at radius 2 is 1.62 bits per heavy atom. The molecule has 0 heterocycles. The van der Waals surface area contributed by atoms with E-state index in [0.717, 1.165) is 5.56 Å². The van der Waals surface area contributed by atoms with Gasteiger partial charge in [-0.25, -0.2) is 8.42 Å². The number of methoxy groups -OCH3 is 1. The number of sulfonamides is 1. The maximum absolute atomic E-state index is 12.9. The number of benzene rings is 3. The molecule has 0 aliphatic heterocycles. The summed E-state index contributed by atoms with van der Waals surface area (Å²) in [5.41, 5.74) is 1.81. The van der Waals surface area contributed by atoms with Gasteiger partial charge in [0.15, 0.2) is 0 Å². The van der Waals surface area contributed by atoms with Crippen molar-refractivity contribution in [3.05, 3.63) is 82.9 Å². The zero-order chi connectivity index (χ0) is 21.0. The maximum atomic E-state index is 12.9. The lowest BCUT2D eigenvalue weighted by molar-refractivity contribution is 0.102. The van der Waals surface area contributed by atoms with Crippen LogP contribution in [-0.4, -0.2) is 21.4 Å². The van der Waals surface area contributed by atoms with Gasteiger partial charge in [-0.15, -0.1) is 0 Å². The Bertz CT molecular complexity index is 1160. The van der Waals surface area contributed by atoms with Gasteiger partial charge in [-0.1, -0.05) is 41.9 Å². The van der Waals surface area contributed by atoms with Crippen LogP contribution in [-0.2, 0) is 10.0 Å². The molecule has 0 unspecified atom stereocenters. The lowest BCUT2D eigenvalue weighted by Crippen LogP contribution is -2.17. The third-order valence-corrected chi connectivity index (χ3v) is 6.07. The Balaban J connectivity index is 1.91. The minimum Gasteiger partial charge on any atom is -0.495 e. The van der Waals surface area contributed by atoms with Crippen molar-refractivity contribution in [3.63, 3.8) is 0 Å². The summed E-state index contributed by atoms with van der Waals surface area (Å²) in [5, 5.41) is 2.73. The number of hydrogen-bond donors (Lipinski definition) is 2. The van der Waals surface area contributed by atoms with E-state index in [4.69, 9.17) is 16.3 Å². The Kier molecular flexibility index (Phi) is 6.10. The molecule has 0 bridgehead atoms. The van der Waals surface area contributed by atoms with Gasteiger partial charge in [-0.3, -0.25) is 9.52 Å². The van der Waals surface area contributed by atoms with Crippen molar-refractivity contribution in [2.45, 2.75) is 11.8 Å². The van der Waals surface area contributed by atoms with Crippen LogP contribution < -0.4 is 14.8 Å². The van der Waals surface area contributed by atoms with Crippen LogP contribution in [0.3, 0.4) is 0 Å². The van der Waals surface area contributed by atoms with Crippen LogP contribution in [0.1, 0.15) is 15.9 Å². The molecule has 0 saturated carbocycles. The first-order chi connectivity index (χ1) is 13.8. The number of hydrogen-bond acceptors (Lipinski definition) is 4. The second-order valence-electron chi connectivity index (χ2n) is 6.22. The molecule has 0 saturated heterocycles. The normalized spacial score (nSPS) is 11.0. The zero-order valence-corrected chi connectivity index (χ0v) is 17.3. The van der Waals surface area contributed by atoms with Gasteiger partial charge >= 0.3 is 0 Å². The zero-order valence-electron chi connectivity index (χ0n) is 15.8. The highest BCUT2D eigenvalue weighted by Gasteiger charge is 2.21. The van der Waals surface area contributed by atoms with Gasteiger partial charge in [0, 0.05) is 5.56 Å². The molecule has 150 valence electrons. The highest BCUT2D eigenvalue weighted by atomic mass is 35.5.